The lowest BCUT2D eigenvalue weighted by molar-refractivity contribution is 1.08. The van der Waals surface area contributed by atoms with Gasteiger partial charge in [-0.05, 0) is 40.2 Å². The van der Waals surface area contributed by atoms with Gasteiger partial charge in [-0.15, -0.1) is 0 Å². The molecule has 0 bridgehead atoms. The van der Waals surface area contributed by atoms with Crippen LogP contribution in [0.4, 0.5) is 0 Å². The quantitative estimate of drug-likeness (QED) is 0.852. The van der Waals surface area contributed by atoms with Crippen LogP contribution in [0.3, 0.4) is 0 Å². The topological polar surface area (TPSA) is 49.6 Å². The maximum absolute atomic E-state index is 8.63. The highest BCUT2D eigenvalue weighted by molar-refractivity contribution is 9.10. The molecule has 0 aliphatic rings. The zero-order valence-electron chi connectivity index (χ0n) is 8.09. The first-order valence-corrected chi connectivity index (χ1v) is 6.04. The summed E-state index contributed by atoms with van der Waals surface area (Å²) in [6.07, 6.45) is 3.30. The predicted octanol–water partition coefficient (Wildman–Crippen LogP) is 3.26. The van der Waals surface area contributed by atoms with Crippen LogP contribution in [0.5, 0.6) is 0 Å². The highest BCUT2D eigenvalue weighted by atomic mass is 79.9. The van der Waals surface area contributed by atoms with Gasteiger partial charge < -0.3 is 0 Å². The van der Waals surface area contributed by atoms with E-state index in [0.29, 0.717) is 5.56 Å². The first kappa shape index (κ1) is 11.1. The van der Waals surface area contributed by atoms with E-state index in [4.69, 9.17) is 5.26 Å². The normalized spacial score (nSPS) is 9.75. The van der Waals surface area contributed by atoms with Gasteiger partial charge in [0.2, 0.25) is 0 Å². The molecule has 16 heavy (non-hydrogen) atoms. The van der Waals surface area contributed by atoms with E-state index in [1.54, 1.807) is 18.5 Å². The Morgan fingerprint density at radius 3 is 2.25 bits per heavy atom. The standard InChI is InChI=1S/C11H6BrN3S/c12-9-2-4-11(15-7-9)16-10-3-1-8(5-13)6-14-10/h1-4,6-7H. The molecular weight excluding hydrogens is 286 g/mol. The van der Waals surface area contributed by atoms with E-state index in [2.05, 4.69) is 25.9 Å². The van der Waals surface area contributed by atoms with Gasteiger partial charge in [0.15, 0.2) is 0 Å². The average Bonchev–Trinajstić information content (AvgIpc) is 2.33. The molecule has 2 aromatic rings. The molecule has 3 nitrogen and oxygen atoms in total. The molecule has 0 fully saturated rings. The molecule has 0 radical (unpaired) electrons. The lowest BCUT2D eigenvalue weighted by Crippen LogP contribution is -1.83. The lowest BCUT2D eigenvalue weighted by Gasteiger charge is -1.99. The van der Waals surface area contributed by atoms with Gasteiger partial charge in [-0.1, -0.05) is 11.8 Å². The van der Waals surface area contributed by atoms with Gasteiger partial charge in [0.25, 0.3) is 0 Å². The molecule has 0 aliphatic carbocycles. The van der Waals surface area contributed by atoms with Gasteiger partial charge in [0.1, 0.15) is 16.1 Å². The van der Waals surface area contributed by atoms with Gasteiger partial charge in [-0.2, -0.15) is 5.26 Å². The Morgan fingerprint density at radius 2 is 1.75 bits per heavy atom. The summed E-state index contributed by atoms with van der Waals surface area (Å²) < 4.78 is 0.949. The van der Waals surface area contributed by atoms with Gasteiger partial charge in [-0.25, -0.2) is 9.97 Å². The largest absolute Gasteiger partial charge is 0.248 e. The first-order valence-electron chi connectivity index (χ1n) is 4.43. The van der Waals surface area contributed by atoms with Crippen molar-refractivity contribution >= 4 is 27.7 Å². The fourth-order valence-electron chi connectivity index (χ4n) is 1.04. The third kappa shape index (κ3) is 2.81. The van der Waals surface area contributed by atoms with E-state index in [-0.39, 0.29) is 0 Å². The fourth-order valence-corrected chi connectivity index (χ4v) is 1.97. The van der Waals surface area contributed by atoms with Crippen LogP contribution in [0.1, 0.15) is 5.56 Å². The second kappa shape index (κ2) is 5.10. The molecule has 0 atom stereocenters. The number of aromatic nitrogens is 2. The zero-order valence-corrected chi connectivity index (χ0v) is 10.5. The molecule has 2 rings (SSSR count). The van der Waals surface area contributed by atoms with Crippen LogP contribution in [0, 0.1) is 11.3 Å². The van der Waals surface area contributed by atoms with E-state index >= 15 is 0 Å². The molecule has 0 N–H and O–H groups in total. The van der Waals surface area contributed by atoms with Crippen LogP contribution >= 0.6 is 27.7 Å². The minimum atomic E-state index is 0.563. The van der Waals surface area contributed by atoms with Crippen LogP contribution in [0.15, 0.2) is 51.2 Å². The van der Waals surface area contributed by atoms with Crippen molar-refractivity contribution in [2.24, 2.45) is 0 Å². The summed E-state index contributed by atoms with van der Waals surface area (Å²) in [5.74, 6) is 0. The maximum atomic E-state index is 8.63. The lowest BCUT2D eigenvalue weighted by atomic mass is 10.3. The molecule has 0 amide bonds. The molecule has 5 heteroatoms. The van der Waals surface area contributed by atoms with Crippen molar-refractivity contribution in [1.82, 2.24) is 9.97 Å². The number of halogens is 1. The highest BCUT2D eigenvalue weighted by Gasteiger charge is 2.00. The number of nitriles is 1. The van der Waals surface area contributed by atoms with Gasteiger partial charge in [-0.3, -0.25) is 0 Å². The molecule has 78 valence electrons. The SMILES string of the molecule is N#Cc1ccc(Sc2ccc(Br)cn2)nc1. The van der Waals surface area contributed by atoms with Gasteiger partial charge in [0.05, 0.1) is 5.56 Å². The molecular formula is C11H6BrN3S. The van der Waals surface area contributed by atoms with Crippen molar-refractivity contribution in [1.29, 1.82) is 5.26 Å². The number of hydrogen-bond acceptors (Lipinski definition) is 4. The summed E-state index contributed by atoms with van der Waals surface area (Å²) in [4.78, 5) is 8.38. The number of nitrogens with zero attached hydrogens (tertiary/aromatic N) is 3. The van der Waals surface area contributed by atoms with Crippen LogP contribution in [-0.4, -0.2) is 9.97 Å². The van der Waals surface area contributed by atoms with Crippen molar-refractivity contribution in [3.63, 3.8) is 0 Å². The predicted molar refractivity (Wildman–Crippen MR) is 65.0 cm³/mol. The molecule has 2 heterocycles. The van der Waals surface area contributed by atoms with E-state index in [0.717, 1.165) is 14.5 Å². The summed E-state index contributed by atoms with van der Waals surface area (Å²) in [6.45, 7) is 0. The van der Waals surface area contributed by atoms with Crippen molar-refractivity contribution < 1.29 is 0 Å². The Kier molecular flexibility index (Phi) is 3.54. The fraction of sp³-hybridized carbons (Fsp3) is 0. The van der Waals surface area contributed by atoms with Crippen LogP contribution in [0.25, 0.3) is 0 Å². The summed E-state index contributed by atoms with van der Waals surface area (Å²) in [5.41, 5.74) is 0.563. The molecule has 0 unspecified atom stereocenters. The average molecular weight is 292 g/mol. The molecule has 0 saturated heterocycles. The summed E-state index contributed by atoms with van der Waals surface area (Å²) >= 11 is 4.79. The number of hydrogen-bond donors (Lipinski definition) is 0. The minimum Gasteiger partial charge on any atom is -0.248 e. The third-order valence-electron chi connectivity index (χ3n) is 1.77. The highest BCUT2D eigenvalue weighted by Crippen LogP contribution is 2.24. The van der Waals surface area contributed by atoms with E-state index in [1.165, 1.54) is 11.8 Å². The molecule has 0 saturated carbocycles. The Balaban J connectivity index is 2.15. The maximum Gasteiger partial charge on any atom is 0.102 e. The van der Waals surface area contributed by atoms with E-state index < -0.39 is 0 Å². The van der Waals surface area contributed by atoms with Crippen molar-refractivity contribution in [2.45, 2.75) is 10.1 Å². The number of rotatable bonds is 2. The van der Waals surface area contributed by atoms with Gasteiger partial charge >= 0.3 is 0 Å². The number of pyridine rings is 2. The van der Waals surface area contributed by atoms with Crippen molar-refractivity contribution in [2.75, 3.05) is 0 Å². The Morgan fingerprint density at radius 1 is 1.06 bits per heavy atom. The summed E-state index contributed by atoms with van der Waals surface area (Å²) in [6, 6.07) is 9.43. The smallest absolute Gasteiger partial charge is 0.102 e. The van der Waals surface area contributed by atoms with Crippen molar-refractivity contribution in [3.05, 3.63) is 46.7 Å². The summed E-state index contributed by atoms with van der Waals surface area (Å²) in [5, 5.41) is 10.3. The first-order chi connectivity index (χ1) is 7.78. The van der Waals surface area contributed by atoms with Crippen LogP contribution in [-0.2, 0) is 0 Å². The second-order valence-electron chi connectivity index (χ2n) is 2.91. The van der Waals surface area contributed by atoms with Crippen LogP contribution in [0.2, 0.25) is 0 Å². The van der Waals surface area contributed by atoms with E-state index in [9.17, 15) is 0 Å². The van der Waals surface area contributed by atoms with Crippen molar-refractivity contribution in [3.8, 4) is 6.07 Å². The van der Waals surface area contributed by atoms with E-state index in [1.807, 2.05) is 24.3 Å². The Labute approximate surface area is 106 Å². The molecule has 0 aromatic carbocycles. The monoisotopic (exact) mass is 291 g/mol. The Bertz CT molecular complexity index is 516. The van der Waals surface area contributed by atoms with Crippen LogP contribution < -0.4 is 0 Å². The second-order valence-corrected chi connectivity index (χ2v) is 4.87. The third-order valence-corrected chi connectivity index (χ3v) is 3.15. The zero-order chi connectivity index (χ0) is 11.4. The Hall–Kier alpha value is -1.38. The van der Waals surface area contributed by atoms with Gasteiger partial charge in [0, 0.05) is 16.9 Å². The molecule has 0 spiro atoms. The summed E-state index contributed by atoms with van der Waals surface area (Å²) in [7, 11) is 0. The minimum absolute atomic E-state index is 0.563. The molecule has 0 aliphatic heterocycles. The molecule has 2 aromatic heterocycles.